The highest BCUT2D eigenvalue weighted by atomic mass is 35.5. The number of fused-ring (bicyclic) bond motifs is 1. The minimum absolute atomic E-state index is 0.00970. The molecular weight excluding hydrogens is 416 g/mol. The summed E-state index contributed by atoms with van der Waals surface area (Å²) in [7, 11) is 1.58. The van der Waals surface area contributed by atoms with Crippen LogP contribution in [0.4, 0.5) is 5.69 Å². The van der Waals surface area contributed by atoms with Gasteiger partial charge in [0.05, 0.1) is 12.8 Å². The number of hydrogen-bond donors (Lipinski definition) is 1. The predicted octanol–water partition coefficient (Wildman–Crippen LogP) is 4.75. The fourth-order valence-corrected chi connectivity index (χ4v) is 4.47. The number of nitrogens with zero attached hydrogens (tertiary/aromatic N) is 1. The van der Waals surface area contributed by atoms with E-state index in [1.807, 2.05) is 6.07 Å². The van der Waals surface area contributed by atoms with Crippen LogP contribution < -0.4 is 19.5 Å². The summed E-state index contributed by atoms with van der Waals surface area (Å²) in [6, 6.07) is 11.4. The van der Waals surface area contributed by atoms with E-state index in [-0.39, 0.29) is 5.91 Å². The molecule has 0 radical (unpaired) electrons. The average molecular weight is 445 g/mol. The van der Waals surface area contributed by atoms with Gasteiger partial charge in [0.2, 0.25) is 5.91 Å². The van der Waals surface area contributed by atoms with Gasteiger partial charge in [0.25, 0.3) is 0 Å². The van der Waals surface area contributed by atoms with Crippen LogP contribution in [-0.2, 0) is 11.3 Å². The van der Waals surface area contributed by atoms with Crippen LogP contribution in [0.5, 0.6) is 17.2 Å². The molecule has 1 fully saturated rings. The first-order valence-corrected chi connectivity index (χ1v) is 11.2. The van der Waals surface area contributed by atoms with Crippen molar-refractivity contribution in [1.82, 2.24) is 4.90 Å². The number of benzene rings is 2. The Morgan fingerprint density at radius 1 is 1.19 bits per heavy atom. The van der Waals surface area contributed by atoms with Gasteiger partial charge in [-0.3, -0.25) is 9.69 Å². The molecule has 1 atom stereocenters. The zero-order valence-corrected chi connectivity index (χ0v) is 18.6. The number of hydrogen-bond acceptors (Lipinski definition) is 5. The Balaban J connectivity index is 1.27. The molecule has 0 spiro atoms. The summed E-state index contributed by atoms with van der Waals surface area (Å²) in [6.07, 6.45) is 3.66. The molecule has 1 saturated heterocycles. The Kier molecular flexibility index (Phi) is 7.20. The third kappa shape index (κ3) is 5.83. The molecule has 2 heterocycles. The average Bonchev–Trinajstić information content (AvgIpc) is 2.78. The number of likely N-dealkylation sites (tertiary alicyclic amines) is 1. The van der Waals surface area contributed by atoms with E-state index < -0.39 is 0 Å². The first kappa shape index (κ1) is 21.8. The van der Waals surface area contributed by atoms with Crippen molar-refractivity contribution < 1.29 is 19.0 Å². The number of rotatable bonds is 7. The van der Waals surface area contributed by atoms with Gasteiger partial charge in [-0.25, -0.2) is 0 Å². The van der Waals surface area contributed by atoms with Crippen molar-refractivity contribution in [2.75, 3.05) is 38.7 Å². The maximum Gasteiger partial charge on any atom is 0.224 e. The topological polar surface area (TPSA) is 60.0 Å². The van der Waals surface area contributed by atoms with E-state index in [1.54, 1.807) is 25.3 Å². The Bertz CT molecular complexity index is 920. The minimum atomic E-state index is -0.00970. The van der Waals surface area contributed by atoms with Gasteiger partial charge >= 0.3 is 0 Å². The number of piperidine rings is 1. The molecule has 0 saturated carbocycles. The number of ether oxygens (including phenoxy) is 3. The van der Waals surface area contributed by atoms with Crippen molar-refractivity contribution in [3.63, 3.8) is 0 Å². The summed E-state index contributed by atoms with van der Waals surface area (Å²) in [5.41, 5.74) is 1.85. The second kappa shape index (κ2) is 10.2. The third-order valence-corrected chi connectivity index (χ3v) is 6.07. The van der Waals surface area contributed by atoms with Crippen molar-refractivity contribution in [3.8, 4) is 17.2 Å². The largest absolute Gasteiger partial charge is 0.495 e. The van der Waals surface area contributed by atoms with Crippen LogP contribution in [0.25, 0.3) is 0 Å². The number of carbonyl (C=O) groups excluding carboxylic acids is 1. The number of nitrogens with one attached hydrogen (secondary N) is 1. The van der Waals surface area contributed by atoms with Crippen molar-refractivity contribution in [1.29, 1.82) is 0 Å². The Hall–Kier alpha value is -2.44. The van der Waals surface area contributed by atoms with E-state index in [9.17, 15) is 4.79 Å². The molecule has 2 aliphatic rings. The van der Waals surface area contributed by atoms with Gasteiger partial charge in [-0.1, -0.05) is 17.7 Å². The quantitative estimate of drug-likeness (QED) is 0.667. The maximum atomic E-state index is 12.5. The number of methoxy groups -OCH3 is 1. The summed E-state index contributed by atoms with van der Waals surface area (Å²) >= 11 is 6.05. The molecule has 7 heteroatoms. The van der Waals surface area contributed by atoms with E-state index >= 15 is 0 Å². The Morgan fingerprint density at radius 2 is 2.03 bits per heavy atom. The number of carbonyl (C=O) groups is 1. The lowest BCUT2D eigenvalue weighted by molar-refractivity contribution is -0.116. The zero-order valence-electron chi connectivity index (χ0n) is 17.9. The van der Waals surface area contributed by atoms with Crippen LogP contribution in [-0.4, -0.2) is 44.2 Å². The first-order chi connectivity index (χ1) is 15.1. The summed E-state index contributed by atoms with van der Waals surface area (Å²) in [6.45, 7) is 4.18. The standard InChI is InChI=1S/C24H29ClN2O4/c1-29-21-8-6-19(25)14-20(21)26-24(28)9-5-17-3-2-10-27(15-17)16-18-4-7-22-23(13-18)31-12-11-30-22/h4,6-8,13-14,17H,2-3,5,9-12,15-16H2,1H3,(H,26,28)/t17-/m0/s1. The lowest BCUT2D eigenvalue weighted by Gasteiger charge is -2.33. The molecule has 1 N–H and O–H groups in total. The molecule has 4 rings (SSSR count). The summed E-state index contributed by atoms with van der Waals surface area (Å²) in [5, 5.41) is 3.50. The highest BCUT2D eigenvalue weighted by molar-refractivity contribution is 6.31. The maximum absolute atomic E-state index is 12.5. The van der Waals surface area contributed by atoms with E-state index in [0.717, 1.165) is 50.4 Å². The van der Waals surface area contributed by atoms with Gasteiger partial charge in [0, 0.05) is 24.5 Å². The second-order valence-electron chi connectivity index (χ2n) is 8.15. The van der Waals surface area contributed by atoms with Gasteiger partial charge in [-0.15, -0.1) is 0 Å². The summed E-state index contributed by atoms with van der Waals surface area (Å²) in [5.74, 6) is 2.78. The minimum Gasteiger partial charge on any atom is -0.495 e. The number of amides is 1. The Labute approximate surface area is 188 Å². The van der Waals surface area contributed by atoms with Crippen LogP contribution >= 0.6 is 11.6 Å². The van der Waals surface area contributed by atoms with Crippen molar-refractivity contribution in [2.45, 2.75) is 32.2 Å². The van der Waals surface area contributed by atoms with E-state index in [0.29, 0.717) is 42.0 Å². The van der Waals surface area contributed by atoms with Crippen LogP contribution in [0.2, 0.25) is 5.02 Å². The van der Waals surface area contributed by atoms with Gasteiger partial charge in [-0.2, -0.15) is 0 Å². The molecule has 1 amide bonds. The molecule has 166 valence electrons. The van der Waals surface area contributed by atoms with Crippen LogP contribution in [0.15, 0.2) is 36.4 Å². The summed E-state index contributed by atoms with van der Waals surface area (Å²) < 4.78 is 16.6. The fourth-order valence-electron chi connectivity index (χ4n) is 4.30. The van der Waals surface area contributed by atoms with Crippen LogP contribution in [0, 0.1) is 5.92 Å². The monoisotopic (exact) mass is 444 g/mol. The summed E-state index contributed by atoms with van der Waals surface area (Å²) in [4.78, 5) is 15.0. The first-order valence-electron chi connectivity index (χ1n) is 10.8. The third-order valence-electron chi connectivity index (χ3n) is 5.83. The van der Waals surface area contributed by atoms with Crippen LogP contribution in [0.1, 0.15) is 31.2 Å². The zero-order chi connectivity index (χ0) is 21.6. The lowest BCUT2D eigenvalue weighted by atomic mass is 9.93. The van der Waals surface area contributed by atoms with Gasteiger partial charge in [0.15, 0.2) is 11.5 Å². The van der Waals surface area contributed by atoms with E-state index in [4.69, 9.17) is 25.8 Å². The normalized spacial score (nSPS) is 18.5. The van der Waals surface area contributed by atoms with E-state index in [1.165, 1.54) is 5.56 Å². The van der Waals surface area contributed by atoms with Crippen LogP contribution in [0.3, 0.4) is 0 Å². The highest BCUT2D eigenvalue weighted by Gasteiger charge is 2.22. The molecule has 6 nitrogen and oxygen atoms in total. The molecule has 0 aliphatic carbocycles. The number of halogens is 1. The molecule has 31 heavy (non-hydrogen) atoms. The smallest absolute Gasteiger partial charge is 0.224 e. The second-order valence-corrected chi connectivity index (χ2v) is 8.59. The molecular formula is C24H29ClN2O4. The predicted molar refractivity (Wildman–Crippen MR) is 121 cm³/mol. The molecule has 2 aliphatic heterocycles. The number of anilines is 1. The van der Waals surface area contributed by atoms with Gasteiger partial charge in [-0.05, 0) is 67.6 Å². The highest BCUT2D eigenvalue weighted by Crippen LogP contribution is 2.32. The van der Waals surface area contributed by atoms with Crippen molar-refractivity contribution in [3.05, 3.63) is 47.0 Å². The van der Waals surface area contributed by atoms with Gasteiger partial charge in [0.1, 0.15) is 19.0 Å². The molecule has 0 unspecified atom stereocenters. The molecule has 0 bridgehead atoms. The molecule has 2 aromatic rings. The van der Waals surface area contributed by atoms with Gasteiger partial charge < -0.3 is 19.5 Å². The Morgan fingerprint density at radius 3 is 2.87 bits per heavy atom. The lowest BCUT2D eigenvalue weighted by Crippen LogP contribution is -2.35. The molecule has 0 aromatic heterocycles. The fraction of sp³-hybridized carbons (Fsp3) is 0.458. The van der Waals surface area contributed by atoms with Crippen molar-refractivity contribution in [2.24, 2.45) is 5.92 Å². The van der Waals surface area contributed by atoms with Crippen molar-refractivity contribution >= 4 is 23.2 Å². The SMILES string of the molecule is COc1ccc(Cl)cc1NC(=O)CC[C@@H]1CCCN(Cc2ccc3c(c2)OCCO3)C1. The molecule has 2 aromatic carbocycles. The van der Waals surface area contributed by atoms with E-state index in [2.05, 4.69) is 22.3 Å².